The van der Waals surface area contributed by atoms with E-state index >= 15 is 0 Å². The molecule has 0 aliphatic carbocycles. The highest BCUT2D eigenvalue weighted by Gasteiger charge is 2.27. The van der Waals surface area contributed by atoms with Gasteiger partial charge in [0.15, 0.2) is 5.76 Å². The molecule has 3 rings (SSSR count). The molecule has 2 amide bonds. The molecular formula is C18H24N4O5. The highest BCUT2D eigenvalue weighted by molar-refractivity contribution is 5.91. The van der Waals surface area contributed by atoms with Gasteiger partial charge in [0.25, 0.3) is 11.9 Å². The average Bonchev–Trinajstić information content (AvgIpc) is 3.27. The van der Waals surface area contributed by atoms with Crippen molar-refractivity contribution in [1.82, 2.24) is 19.6 Å². The Labute approximate surface area is 157 Å². The van der Waals surface area contributed by atoms with Crippen LogP contribution in [0.15, 0.2) is 22.6 Å². The van der Waals surface area contributed by atoms with E-state index in [0.29, 0.717) is 37.9 Å². The van der Waals surface area contributed by atoms with Crippen LogP contribution in [0.1, 0.15) is 41.4 Å². The second kappa shape index (κ2) is 7.83. The smallest absolute Gasteiger partial charge is 0.290 e. The number of hydrogen-bond donors (Lipinski definition) is 1. The molecule has 1 unspecified atom stereocenters. The Bertz CT molecular complexity index is 826. The Balaban J connectivity index is 1.68. The summed E-state index contributed by atoms with van der Waals surface area (Å²) < 4.78 is 12.4. The fraction of sp³-hybridized carbons (Fsp3) is 0.500. The van der Waals surface area contributed by atoms with Gasteiger partial charge in [-0.05, 0) is 19.1 Å². The third kappa shape index (κ3) is 4.13. The number of carbonyl (C=O) groups excluding carboxylic acids is 2. The number of hydrogen-bond acceptors (Lipinski definition) is 6. The summed E-state index contributed by atoms with van der Waals surface area (Å²) in [6.45, 7) is 3.64. The van der Waals surface area contributed by atoms with Gasteiger partial charge in [0.2, 0.25) is 5.91 Å². The summed E-state index contributed by atoms with van der Waals surface area (Å²) in [5.41, 5.74) is 1.24. The number of amides is 2. The minimum atomic E-state index is -0.971. The van der Waals surface area contributed by atoms with E-state index in [1.807, 2.05) is 6.92 Å². The summed E-state index contributed by atoms with van der Waals surface area (Å²) in [4.78, 5) is 27.5. The lowest BCUT2D eigenvalue weighted by molar-refractivity contribution is -0.130. The van der Waals surface area contributed by atoms with Crippen LogP contribution in [0.4, 0.5) is 0 Å². The van der Waals surface area contributed by atoms with Crippen molar-refractivity contribution in [3.8, 4) is 5.95 Å². The quantitative estimate of drug-likeness (QED) is 0.808. The fourth-order valence-electron chi connectivity index (χ4n) is 2.89. The van der Waals surface area contributed by atoms with Crippen molar-refractivity contribution >= 4 is 11.8 Å². The van der Waals surface area contributed by atoms with E-state index in [1.165, 1.54) is 4.90 Å². The number of carbonyl (C=O) groups is 2. The zero-order chi connectivity index (χ0) is 19.6. The van der Waals surface area contributed by atoms with Gasteiger partial charge in [0, 0.05) is 26.7 Å². The highest BCUT2D eigenvalue weighted by Crippen LogP contribution is 2.23. The van der Waals surface area contributed by atoms with E-state index in [1.54, 1.807) is 41.9 Å². The molecule has 2 aromatic heterocycles. The Kier molecular flexibility index (Phi) is 5.50. The van der Waals surface area contributed by atoms with E-state index in [0.717, 1.165) is 5.69 Å². The molecule has 1 N–H and O–H groups in total. The molecule has 146 valence electrons. The number of rotatable bonds is 6. The number of aliphatic hydroxyl groups is 1. The molecule has 0 aromatic carbocycles. The number of aromatic nitrogens is 2. The van der Waals surface area contributed by atoms with Crippen LogP contribution in [0.5, 0.6) is 5.95 Å². The van der Waals surface area contributed by atoms with Crippen molar-refractivity contribution in [1.29, 1.82) is 0 Å². The summed E-state index contributed by atoms with van der Waals surface area (Å²) in [6, 6.07) is 4.96. The van der Waals surface area contributed by atoms with Crippen LogP contribution in [0, 0.1) is 0 Å². The fourth-order valence-corrected chi connectivity index (χ4v) is 2.89. The predicted molar refractivity (Wildman–Crippen MR) is 95.1 cm³/mol. The van der Waals surface area contributed by atoms with Gasteiger partial charge in [-0.3, -0.25) is 14.3 Å². The second-order valence-corrected chi connectivity index (χ2v) is 6.57. The van der Waals surface area contributed by atoms with E-state index in [-0.39, 0.29) is 24.0 Å². The van der Waals surface area contributed by atoms with Gasteiger partial charge in [-0.2, -0.15) is 5.10 Å². The first-order chi connectivity index (χ1) is 12.9. The van der Waals surface area contributed by atoms with Crippen LogP contribution in [0.3, 0.4) is 0 Å². The first kappa shape index (κ1) is 19.0. The monoisotopic (exact) mass is 376 g/mol. The van der Waals surface area contributed by atoms with Crippen molar-refractivity contribution in [2.24, 2.45) is 0 Å². The Morgan fingerprint density at radius 1 is 1.37 bits per heavy atom. The summed E-state index contributed by atoms with van der Waals surface area (Å²) in [6.07, 6.45) is -1.00. The van der Waals surface area contributed by atoms with Crippen LogP contribution < -0.4 is 4.74 Å². The molecule has 3 heterocycles. The molecule has 1 aliphatic rings. The van der Waals surface area contributed by atoms with Gasteiger partial charge >= 0.3 is 0 Å². The van der Waals surface area contributed by atoms with Gasteiger partial charge in [-0.25, -0.2) is 0 Å². The third-order valence-corrected chi connectivity index (χ3v) is 4.39. The first-order valence-corrected chi connectivity index (χ1v) is 8.85. The summed E-state index contributed by atoms with van der Waals surface area (Å²) in [5, 5.41) is 14.6. The number of nitrogens with zero attached hydrogens (tertiary/aromatic N) is 4. The molecule has 2 aromatic rings. The van der Waals surface area contributed by atoms with Gasteiger partial charge in [0.1, 0.15) is 6.10 Å². The predicted octanol–water partition coefficient (Wildman–Crippen LogP) is 1.04. The SMILES string of the molecule is CCOc1ccc(C(=O)N2CCn3nc(C(O)CC(=O)N(C)C)cc3C2)o1. The van der Waals surface area contributed by atoms with Crippen molar-refractivity contribution in [2.45, 2.75) is 32.5 Å². The average molecular weight is 376 g/mol. The maximum Gasteiger partial charge on any atom is 0.290 e. The van der Waals surface area contributed by atoms with Gasteiger partial charge < -0.3 is 24.1 Å². The Hall–Kier alpha value is -2.81. The number of ether oxygens (including phenoxy) is 1. The Morgan fingerprint density at radius 3 is 2.85 bits per heavy atom. The minimum absolute atomic E-state index is 0.0291. The Morgan fingerprint density at radius 2 is 2.15 bits per heavy atom. The number of aliphatic hydroxyl groups excluding tert-OH is 1. The molecular weight excluding hydrogens is 352 g/mol. The largest absolute Gasteiger partial charge is 0.465 e. The lowest BCUT2D eigenvalue weighted by atomic mass is 10.1. The molecule has 9 heteroatoms. The minimum Gasteiger partial charge on any atom is -0.465 e. The van der Waals surface area contributed by atoms with Crippen LogP contribution in [-0.2, 0) is 17.9 Å². The zero-order valence-corrected chi connectivity index (χ0v) is 15.7. The molecule has 0 radical (unpaired) electrons. The van der Waals surface area contributed by atoms with E-state index in [4.69, 9.17) is 9.15 Å². The maximum absolute atomic E-state index is 12.6. The summed E-state index contributed by atoms with van der Waals surface area (Å²) in [7, 11) is 3.28. The molecule has 0 bridgehead atoms. The summed E-state index contributed by atoms with van der Waals surface area (Å²) >= 11 is 0. The third-order valence-electron chi connectivity index (χ3n) is 4.39. The lowest BCUT2D eigenvalue weighted by Gasteiger charge is -2.26. The molecule has 27 heavy (non-hydrogen) atoms. The van der Waals surface area contributed by atoms with E-state index < -0.39 is 6.10 Å². The zero-order valence-electron chi connectivity index (χ0n) is 15.7. The molecule has 9 nitrogen and oxygen atoms in total. The van der Waals surface area contributed by atoms with Crippen LogP contribution in [-0.4, -0.2) is 63.7 Å². The van der Waals surface area contributed by atoms with Crippen molar-refractivity contribution in [2.75, 3.05) is 27.2 Å². The standard InChI is InChI=1S/C18H24N4O5/c1-4-26-17-6-5-15(27-17)18(25)21-7-8-22-12(11-21)9-13(19-22)14(23)10-16(24)20(2)3/h5-6,9,14,23H,4,7-8,10-11H2,1-3H3. The van der Waals surface area contributed by atoms with Crippen LogP contribution in [0.2, 0.25) is 0 Å². The molecule has 0 fully saturated rings. The lowest BCUT2D eigenvalue weighted by Crippen LogP contribution is -2.38. The number of fused-ring (bicyclic) bond motifs is 1. The van der Waals surface area contributed by atoms with E-state index in [9.17, 15) is 14.7 Å². The van der Waals surface area contributed by atoms with Gasteiger partial charge in [-0.1, -0.05) is 0 Å². The number of furan rings is 1. The highest BCUT2D eigenvalue weighted by atomic mass is 16.6. The summed E-state index contributed by atoms with van der Waals surface area (Å²) in [5.74, 6) is 0.147. The van der Waals surface area contributed by atoms with Crippen molar-refractivity contribution in [3.05, 3.63) is 35.3 Å². The molecule has 0 saturated heterocycles. The van der Waals surface area contributed by atoms with Crippen LogP contribution in [0.25, 0.3) is 0 Å². The topological polar surface area (TPSA) is 101 Å². The van der Waals surface area contributed by atoms with Crippen molar-refractivity contribution < 1.29 is 23.8 Å². The van der Waals surface area contributed by atoms with Crippen molar-refractivity contribution in [3.63, 3.8) is 0 Å². The molecule has 1 aliphatic heterocycles. The first-order valence-electron chi connectivity index (χ1n) is 8.85. The molecule has 0 saturated carbocycles. The van der Waals surface area contributed by atoms with Gasteiger partial charge in [0.05, 0.1) is 37.5 Å². The van der Waals surface area contributed by atoms with E-state index in [2.05, 4.69) is 5.10 Å². The normalized spacial score (nSPS) is 14.6. The second-order valence-electron chi connectivity index (χ2n) is 6.57. The van der Waals surface area contributed by atoms with Gasteiger partial charge in [-0.15, -0.1) is 0 Å². The molecule has 0 spiro atoms. The van der Waals surface area contributed by atoms with Crippen LogP contribution >= 0.6 is 0 Å². The maximum atomic E-state index is 12.6. The molecule has 1 atom stereocenters.